The van der Waals surface area contributed by atoms with E-state index in [2.05, 4.69) is 0 Å². The van der Waals surface area contributed by atoms with Crippen LogP contribution < -0.4 is 9.47 Å². The van der Waals surface area contributed by atoms with Crippen LogP contribution in [0, 0.1) is 0 Å². The summed E-state index contributed by atoms with van der Waals surface area (Å²) in [6.07, 6.45) is 1.58. The molecule has 1 aromatic carbocycles. The van der Waals surface area contributed by atoms with Gasteiger partial charge in [-0.15, -0.1) is 0 Å². The SMILES string of the molecule is COc1ccc(C(OC)OC)c2c1O[C@H]1C(=O)C=CC(=O)[C@@]21CCN(C)C=O. The molecule has 0 aromatic heterocycles. The van der Waals surface area contributed by atoms with Crippen molar-refractivity contribution in [1.82, 2.24) is 4.90 Å². The van der Waals surface area contributed by atoms with Crippen molar-refractivity contribution in [3.05, 3.63) is 35.4 Å². The van der Waals surface area contributed by atoms with Crippen molar-refractivity contribution in [2.24, 2.45) is 0 Å². The Morgan fingerprint density at radius 1 is 1.21 bits per heavy atom. The average molecular weight is 389 g/mol. The number of nitrogens with zero attached hydrogens (tertiary/aromatic N) is 1. The smallest absolute Gasteiger partial charge is 0.209 e. The Bertz CT molecular complexity index is 830. The molecule has 28 heavy (non-hydrogen) atoms. The Balaban J connectivity index is 2.27. The lowest BCUT2D eigenvalue weighted by Gasteiger charge is -2.35. The molecular weight excluding hydrogens is 366 g/mol. The summed E-state index contributed by atoms with van der Waals surface area (Å²) < 4.78 is 22.2. The van der Waals surface area contributed by atoms with Crippen molar-refractivity contribution in [2.75, 3.05) is 34.9 Å². The van der Waals surface area contributed by atoms with Crippen LogP contribution in [0.15, 0.2) is 24.3 Å². The lowest BCUT2D eigenvalue weighted by molar-refractivity contribution is -0.134. The van der Waals surface area contributed by atoms with Gasteiger partial charge in [-0.05, 0) is 30.7 Å². The van der Waals surface area contributed by atoms with Crippen molar-refractivity contribution >= 4 is 18.0 Å². The quantitative estimate of drug-likeness (QED) is 0.487. The Hall–Kier alpha value is -2.71. The van der Waals surface area contributed by atoms with Crippen molar-refractivity contribution in [3.8, 4) is 11.5 Å². The van der Waals surface area contributed by atoms with Gasteiger partial charge in [0.25, 0.3) is 0 Å². The number of ether oxygens (including phenoxy) is 4. The zero-order chi connectivity index (χ0) is 20.5. The predicted molar refractivity (Wildman–Crippen MR) is 98.3 cm³/mol. The molecule has 0 fully saturated rings. The van der Waals surface area contributed by atoms with Crippen LogP contribution in [-0.4, -0.2) is 63.9 Å². The molecule has 0 N–H and O–H groups in total. The van der Waals surface area contributed by atoms with E-state index in [-0.39, 0.29) is 24.5 Å². The van der Waals surface area contributed by atoms with Gasteiger partial charge in [0.1, 0.15) is 5.41 Å². The lowest BCUT2D eigenvalue weighted by atomic mass is 9.66. The zero-order valence-corrected chi connectivity index (χ0v) is 16.3. The topological polar surface area (TPSA) is 91.4 Å². The molecule has 2 aliphatic rings. The van der Waals surface area contributed by atoms with Crippen LogP contribution in [0.2, 0.25) is 0 Å². The largest absolute Gasteiger partial charge is 0.493 e. The second-order valence-electron chi connectivity index (χ2n) is 6.77. The van der Waals surface area contributed by atoms with Gasteiger partial charge >= 0.3 is 0 Å². The van der Waals surface area contributed by atoms with E-state index in [1.165, 1.54) is 38.4 Å². The molecule has 0 spiro atoms. The molecule has 1 aliphatic heterocycles. The number of allylic oxidation sites excluding steroid dienone is 1. The maximum atomic E-state index is 13.2. The van der Waals surface area contributed by atoms with Gasteiger partial charge in [-0.25, -0.2) is 0 Å². The molecule has 3 rings (SSSR count). The predicted octanol–water partition coefficient (Wildman–Crippen LogP) is 1.17. The summed E-state index contributed by atoms with van der Waals surface area (Å²) in [6, 6.07) is 3.42. The van der Waals surface area contributed by atoms with E-state index in [0.717, 1.165) is 0 Å². The van der Waals surface area contributed by atoms with Crippen molar-refractivity contribution in [2.45, 2.75) is 24.2 Å². The monoisotopic (exact) mass is 389 g/mol. The van der Waals surface area contributed by atoms with Crippen LogP contribution >= 0.6 is 0 Å². The van der Waals surface area contributed by atoms with Crippen molar-refractivity contribution < 1.29 is 33.3 Å². The molecular formula is C20H23NO7. The third-order valence-corrected chi connectivity index (χ3v) is 5.32. The summed E-state index contributed by atoms with van der Waals surface area (Å²) in [6.45, 7) is 0.261. The Morgan fingerprint density at radius 2 is 1.93 bits per heavy atom. The maximum absolute atomic E-state index is 13.2. The summed E-state index contributed by atoms with van der Waals surface area (Å²) in [7, 11) is 6.07. The number of methoxy groups -OCH3 is 3. The first kappa shape index (κ1) is 20.0. The van der Waals surface area contributed by atoms with Gasteiger partial charge in [-0.3, -0.25) is 14.4 Å². The lowest BCUT2D eigenvalue weighted by Crippen LogP contribution is -2.52. The highest BCUT2D eigenvalue weighted by Gasteiger charge is 2.59. The van der Waals surface area contributed by atoms with Crippen LogP contribution in [0.4, 0.5) is 0 Å². The molecule has 0 bridgehead atoms. The minimum atomic E-state index is -1.29. The number of hydrogen-bond donors (Lipinski definition) is 0. The third kappa shape index (κ3) is 2.89. The molecule has 1 heterocycles. The Morgan fingerprint density at radius 3 is 2.54 bits per heavy atom. The summed E-state index contributed by atoms with van der Waals surface area (Å²) in [5.74, 6) is 0.144. The summed E-state index contributed by atoms with van der Waals surface area (Å²) in [4.78, 5) is 38.4. The van der Waals surface area contributed by atoms with Gasteiger partial charge in [0, 0.05) is 38.9 Å². The first-order chi connectivity index (χ1) is 13.4. The van der Waals surface area contributed by atoms with E-state index >= 15 is 0 Å². The molecule has 150 valence electrons. The van der Waals surface area contributed by atoms with Gasteiger partial charge in [-0.1, -0.05) is 0 Å². The average Bonchev–Trinajstić information content (AvgIpc) is 3.07. The molecule has 2 atom stereocenters. The molecule has 0 saturated carbocycles. The highest BCUT2D eigenvalue weighted by atomic mass is 16.7. The van der Waals surface area contributed by atoms with E-state index in [1.54, 1.807) is 19.2 Å². The first-order valence-electron chi connectivity index (χ1n) is 8.80. The highest BCUT2D eigenvalue weighted by Crippen LogP contribution is 2.54. The fourth-order valence-corrected chi connectivity index (χ4v) is 3.94. The van der Waals surface area contributed by atoms with Gasteiger partial charge in [-0.2, -0.15) is 0 Å². The molecule has 1 aromatic rings. The number of rotatable bonds is 8. The summed E-state index contributed by atoms with van der Waals surface area (Å²) in [5, 5.41) is 0. The fraction of sp³-hybridized carbons (Fsp3) is 0.450. The molecule has 0 radical (unpaired) electrons. The van der Waals surface area contributed by atoms with E-state index < -0.39 is 17.8 Å². The summed E-state index contributed by atoms with van der Waals surface area (Å²) in [5.41, 5.74) is -0.210. The minimum absolute atomic E-state index is 0.204. The summed E-state index contributed by atoms with van der Waals surface area (Å²) >= 11 is 0. The van der Waals surface area contributed by atoms with E-state index in [9.17, 15) is 14.4 Å². The van der Waals surface area contributed by atoms with Crippen LogP contribution in [0.3, 0.4) is 0 Å². The molecule has 8 heteroatoms. The number of ketones is 2. The van der Waals surface area contributed by atoms with E-state index in [1.807, 2.05) is 0 Å². The number of amides is 1. The Kier molecular flexibility index (Phi) is 5.53. The van der Waals surface area contributed by atoms with E-state index in [0.29, 0.717) is 29.0 Å². The van der Waals surface area contributed by atoms with Crippen LogP contribution in [0.5, 0.6) is 11.5 Å². The molecule has 8 nitrogen and oxygen atoms in total. The molecule has 1 aliphatic carbocycles. The normalized spacial score (nSPS) is 22.7. The fourth-order valence-electron chi connectivity index (χ4n) is 3.94. The molecule has 0 saturated heterocycles. The van der Waals surface area contributed by atoms with Gasteiger partial charge in [0.2, 0.25) is 6.41 Å². The first-order valence-corrected chi connectivity index (χ1v) is 8.80. The Labute approximate surface area is 163 Å². The van der Waals surface area contributed by atoms with Crippen LogP contribution in [0.1, 0.15) is 23.8 Å². The maximum Gasteiger partial charge on any atom is 0.209 e. The standard InChI is InChI=1S/C20H23NO7/c1-21(11-22)10-9-20-15(24)8-6-13(23)18(20)28-17-14(25-2)7-5-12(16(17)20)19(26-3)27-4/h5-8,11,18-19H,9-10H2,1-4H3/t18-,20-/m0/s1. The number of carbonyl (C=O) groups is 3. The number of hydrogen-bond acceptors (Lipinski definition) is 7. The van der Waals surface area contributed by atoms with Gasteiger partial charge in [0.05, 0.1) is 7.11 Å². The third-order valence-electron chi connectivity index (χ3n) is 5.32. The molecule has 1 amide bonds. The van der Waals surface area contributed by atoms with Crippen molar-refractivity contribution in [3.63, 3.8) is 0 Å². The minimum Gasteiger partial charge on any atom is -0.493 e. The zero-order valence-electron chi connectivity index (χ0n) is 16.3. The number of benzene rings is 1. The van der Waals surface area contributed by atoms with Crippen LogP contribution in [0.25, 0.3) is 0 Å². The van der Waals surface area contributed by atoms with Gasteiger partial charge in [0.15, 0.2) is 35.5 Å². The second-order valence-corrected chi connectivity index (χ2v) is 6.77. The molecule has 0 unspecified atom stereocenters. The van der Waals surface area contributed by atoms with Crippen LogP contribution in [-0.2, 0) is 29.3 Å². The van der Waals surface area contributed by atoms with Crippen molar-refractivity contribution in [1.29, 1.82) is 0 Å². The van der Waals surface area contributed by atoms with Gasteiger partial charge < -0.3 is 23.8 Å². The number of carbonyl (C=O) groups excluding carboxylic acids is 3. The number of fused-ring (bicyclic) bond motifs is 3. The van der Waals surface area contributed by atoms with E-state index in [4.69, 9.17) is 18.9 Å². The highest BCUT2D eigenvalue weighted by molar-refractivity contribution is 6.15. The second kappa shape index (κ2) is 7.73.